The molecule has 2 aromatic rings. The number of hydrogen-bond donors (Lipinski definition) is 4. The van der Waals surface area contributed by atoms with Gasteiger partial charge in [0.15, 0.2) is 5.76 Å². The van der Waals surface area contributed by atoms with Gasteiger partial charge < -0.3 is 30.6 Å². The molecule has 2 aliphatic rings. The fourth-order valence-corrected chi connectivity index (χ4v) is 3.78. The van der Waals surface area contributed by atoms with Crippen molar-refractivity contribution >= 4 is 17.2 Å². The number of pyridine rings is 2. The first kappa shape index (κ1) is 23.2. The number of hydrogen-bond acceptors (Lipinski definition) is 8. The predicted molar refractivity (Wildman–Crippen MR) is 128 cm³/mol. The van der Waals surface area contributed by atoms with Gasteiger partial charge in [-0.1, -0.05) is 0 Å². The summed E-state index contributed by atoms with van der Waals surface area (Å²) in [6, 6.07) is 7.66. The van der Waals surface area contributed by atoms with Crippen molar-refractivity contribution in [3.05, 3.63) is 54.3 Å². The lowest BCUT2D eigenvalue weighted by molar-refractivity contribution is 0.0739. The molecule has 4 rings (SSSR count). The van der Waals surface area contributed by atoms with Gasteiger partial charge in [0.25, 0.3) is 0 Å². The van der Waals surface area contributed by atoms with Gasteiger partial charge in [0.1, 0.15) is 17.2 Å². The van der Waals surface area contributed by atoms with Crippen LogP contribution in [0.1, 0.15) is 51.6 Å². The summed E-state index contributed by atoms with van der Waals surface area (Å²) in [5, 5.41) is 25.7. The van der Waals surface area contributed by atoms with Crippen LogP contribution in [0, 0.1) is 11.3 Å². The predicted octanol–water partition coefficient (Wildman–Crippen LogP) is 4.26. The van der Waals surface area contributed by atoms with Gasteiger partial charge in [0, 0.05) is 55.5 Å². The summed E-state index contributed by atoms with van der Waals surface area (Å²) < 4.78 is 11.7. The first-order valence-corrected chi connectivity index (χ1v) is 11.6. The molecule has 0 radical (unpaired) electrons. The second-order valence-electron chi connectivity index (χ2n) is 9.20. The SMILES string of the molecule is CC(C)(O)c1cc(Nc2cc(O/C(=C/NC3CCC3)C(=N)C3CCOCC3)ccn2)ccn1. The Morgan fingerprint density at radius 2 is 1.91 bits per heavy atom. The Morgan fingerprint density at radius 3 is 2.61 bits per heavy atom. The van der Waals surface area contributed by atoms with Crippen LogP contribution in [-0.4, -0.2) is 40.0 Å². The van der Waals surface area contributed by atoms with Crippen molar-refractivity contribution in [2.24, 2.45) is 5.92 Å². The molecule has 0 amide bonds. The monoisotopic (exact) mass is 451 g/mol. The number of anilines is 2. The maximum atomic E-state index is 10.2. The minimum absolute atomic E-state index is 0.129. The zero-order chi connectivity index (χ0) is 23.3. The molecule has 176 valence electrons. The average molecular weight is 452 g/mol. The van der Waals surface area contributed by atoms with Gasteiger partial charge in [0.2, 0.25) is 0 Å². The number of allylic oxidation sites excluding steroid dienone is 1. The average Bonchev–Trinajstić information content (AvgIpc) is 2.77. The molecule has 0 aromatic carbocycles. The third-order valence-corrected chi connectivity index (χ3v) is 6.07. The molecule has 0 spiro atoms. The third-order valence-electron chi connectivity index (χ3n) is 6.07. The minimum atomic E-state index is -1.03. The van der Waals surface area contributed by atoms with Crippen LogP contribution in [-0.2, 0) is 10.3 Å². The molecule has 8 nitrogen and oxygen atoms in total. The normalized spacial score (nSPS) is 17.8. The molecule has 4 N–H and O–H groups in total. The van der Waals surface area contributed by atoms with Crippen molar-refractivity contribution in [1.82, 2.24) is 15.3 Å². The number of aliphatic hydroxyl groups is 1. The van der Waals surface area contributed by atoms with Crippen molar-refractivity contribution in [2.75, 3.05) is 18.5 Å². The van der Waals surface area contributed by atoms with E-state index in [0.717, 1.165) is 31.4 Å². The van der Waals surface area contributed by atoms with Crippen LogP contribution in [0.4, 0.5) is 11.5 Å². The molecular weight excluding hydrogens is 418 g/mol. The number of ether oxygens (including phenoxy) is 2. The standard InChI is InChI=1S/C25H33N5O3/c1-25(2,31)22-14-19(6-10-27-22)30-23-15-20(7-11-28-23)33-21(16-29-18-4-3-5-18)24(26)17-8-12-32-13-9-17/h6-7,10-11,14-18,26,29,31H,3-5,8-9,12-13H2,1-2H3,(H,27,28,30)/b21-16+,26-24?. The Balaban J connectivity index is 1.49. The van der Waals surface area contributed by atoms with Crippen molar-refractivity contribution < 1.29 is 14.6 Å². The van der Waals surface area contributed by atoms with Gasteiger partial charge in [0.05, 0.1) is 11.4 Å². The third kappa shape index (κ3) is 6.30. The molecule has 0 unspecified atom stereocenters. The van der Waals surface area contributed by atoms with Gasteiger partial charge in [-0.3, -0.25) is 4.98 Å². The molecule has 2 fully saturated rings. The molecule has 0 bridgehead atoms. The molecule has 2 aromatic heterocycles. The number of nitrogens with one attached hydrogen (secondary N) is 3. The van der Waals surface area contributed by atoms with Gasteiger partial charge >= 0.3 is 0 Å². The zero-order valence-electron chi connectivity index (χ0n) is 19.3. The smallest absolute Gasteiger partial charge is 0.164 e. The maximum absolute atomic E-state index is 10.2. The molecule has 3 heterocycles. The first-order chi connectivity index (χ1) is 15.9. The van der Waals surface area contributed by atoms with Gasteiger partial charge in [-0.15, -0.1) is 0 Å². The second kappa shape index (κ2) is 10.3. The molecule has 0 atom stereocenters. The highest BCUT2D eigenvalue weighted by atomic mass is 16.5. The van der Waals surface area contributed by atoms with Crippen LogP contribution < -0.4 is 15.4 Å². The maximum Gasteiger partial charge on any atom is 0.164 e. The van der Waals surface area contributed by atoms with E-state index in [0.29, 0.717) is 48.0 Å². The zero-order valence-corrected chi connectivity index (χ0v) is 19.3. The fraction of sp³-hybridized carbons (Fsp3) is 0.480. The largest absolute Gasteiger partial charge is 0.454 e. The number of aromatic nitrogens is 2. The summed E-state index contributed by atoms with van der Waals surface area (Å²) >= 11 is 0. The molecule has 1 saturated carbocycles. The topological polar surface area (TPSA) is 112 Å². The lowest BCUT2D eigenvalue weighted by atomic mass is 9.92. The summed E-state index contributed by atoms with van der Waals surface area (Å²) in [6.45, 7) is 4.76. The van der Waals surface area contributed by atoms with E-state index in [1.807, 2.05) is 12.3 Å². The van der Waals surface area contributed by atoms with Crippen molar-refractivity contribution in [1.29, 1.82) is 5.41 Å². The molecule has 8 heteroatoms. The minimum Gasteiger partial charge on any atom is -0.454 e. The molecular formula is C25H33N5O3. The van der Waals surface area contributed by atoms with E-state index in [1.54, 1.807) is 44.4 Å². The highest BCUT2D eigenvalue weighted by molar-refractivity contribution is 5.98. The van der Waals surface area contributed by atoms with Gasteiger partial charge in [-0.05, 0) is 64.2 Å². The lowest BCUT2D eigenvalue weighted by Gasteiger charge is -2.27. The van der Waals surface area contributed by atoms with Gasteiger partial charge in [-0.25, -0.2) is 4.98 Å². The number of nitrogens with zero attached hydrogens (tertiary/aromatic N) is 2. The van der Waals surface area contributed by atoms with E-state index in [9.17, 15) is 5.11 Å². The summed E-state index contributed by atoms with van der Waals surface area (Å²) in [5.41, 5.74) is 0.801. The fourth-order valence-electron chi connectivity index (χ4n) is 3.78. The van der Waals surface area contributed by atoms with Crippen molar-refractivity contribution in [3.63, 3.8) is 0 Å². The molecule has 33 heavy (non-hydrogen) atoms. The highest BCUT2D eigenvalue weighted by Crippen LogP contribution is 2.26. The molecule has 1 aliphatic heterocycles. The first-order valence-electron chi connectivity index (χ1n) is 11.6. The van der Waals surface area contributed by atoms with Crippen LogP contribution in [0.25, 0.3) is 0 Å². The highest BCUT2D eigenvalue weighted by Gasteiger charge is 2.24. The Morgan fingerprint density at radius 1 is 1.15 bits per heavy atom. The Hall–Kier alpha value is -2.97. The van der Waals surface area contributed by atoms with E-state index in [-0.39, 0.29) is 5.92 Å². The van der Waals surface area contributed by atoms with E-state index < -0.39 is 5.60 Å². The summed E-state index contributed by atoms with van der Waals surface area (Å²) in [5.74, 6) is 1.87. The lowest BCUT2D eigenvalue weighted by Crippen LogP contribution is -2.33. The van der Waals surface area contributed by atoms with Crippen molar-refractivity contribution in [2.45, 2.75) is 57.6 Å². The van der Waals surface area contributed by atoms with E-state index in [4.69, 9.17) is 14.9 Å². The molecule has 1 saturated heterocycles. The van der Waals surface area contributed by atoms with Crippen LogP contribution in [0.5, 0.6) is 5.75 Å². The van der Waals surface area contributed by atoms with Crippen LogP contribution in [0.2, 0.25) is 0 Å². The summed E-state index contributed by atoms with van der Waals surface area (Å²) in [6.07, 6.45) is 10.4. The van der Waals surface area contributed by atoms with Crippen molar-refractivity contribution in [3.8, 4) is 5.75 Å². The van der Waals surface area contributed by atoms with Crippen LogP contribution in [0.3, 0.4) is 0 Å². The number of rotatable bonds is 9. The Bertz CT molecular complexity index is 992. The summed E-state index contributed by atoms with van der Waals surface area (Å²) in [4.78, 5) is 8.62. The van der Waals surface area contributed by atoms with Gasteiger partial charge in [-0.2, -0.15) is 0 Å². The van der Waals surface area contributed by atoms with E-state index in [2.05, 4.69) is 20.6 Å². The summed E-state index contributed by atoms with van der Waals surface area (Å²) in [7, 11) is 0. The van der Waals surface area contributed by atoms with Crippen LogP contribution >= 0.6 is 0 Å². The Labute approximate surface area is 195 Å². The van der Waals surface area contributed by atoms with E-state index >= 15 is 0 Å². The van der Waals surface area contributed by atoms with E-state index in [1.165, 1.54) is 6.42 Å². The Kier molecular flexibility index (Phi) is 7.25. The second-order valence-corrected chi connectivity index (χ2v) is 9.20. The molecule has 1 aliphatic carbocycles. The van der Waals surface area contributed by atoms with Crippen LogP contribution in [0.15, 0.2) is 48.6 Å². The quantitative estimate of drug-likeness (QED) is 0.333.